The van der Waals surface area contributed by atoms with Crippen molar-refractivity contribution in [1.29, 1.82) is 0 Å². The van der Waals surface area contributed by atoms with Crippen LogP contribution in [0.25, 0.3) is 0 Å². The van der Waals surface area contributed by atoms with Crippen LogP contribution in [0.4, 0.5) is 4.79 Å². The van der Waals surface area contributed by atoms with Gasteiger partial charge in [-0.1, -0.05) is 0 Å². The average molecular weight is 335 g/mol. The van der Waals surface area contributed by atoms with Crippen LogP contribution in [-0.4, -0.2) is 43.3 Å². The van der Waals surface area contributed by atoms with Gasteiger partial charge in [-0.15, -0.1) is 0 Å². The Morgan fingerprint density at radius 1 is 1.21 bits per heavy atom. The van der Waals surface area contributed by atoms with Gasteiger partial charge in [-0.05, 0) is 57.9 Å². The summed E-state index contributed by atoms with van der Waals surface area (Å²) in [5, 5.41) is 2.36. The highest BCUT2D eigenvalue weighted by Gasteiger charge is 2.27. The number of ether oxygens (including phenoxy) is 2. The second-order valence-corrected chi connectivity index (χ2v) is 7.49. The maximum absolute atomic E-state index is 12.1. The molecule has 2 N–H and O–H groups in total. The van der Waals surface area contributed by atoms with Crippen LogP contribution >= 0.6 is 0 Å². The molecule has 5 nitrogen and oxygen atoms in total. The largest absolute Gasteiger partial charge is 0.497 e. The van der Waals surface area contributed by atoms with Gasteiger partial charge in [-0.2, -0.15) is 0 Å². The van der Waals surface area contributed by atoms with Crippen LogP contribution < -0.4 is 10.1 Å². The zero-order valence-corrected chi connectivity index (χ0v) is 15.4. The van der Waals surface area contributed by atoms with E-state index < -0.39 is 5.60 Å². The molecule has 1 heterocycles. The summed E-state index contributed by atoms with van der Waals surface area (Å²) in [6, 6.07) is 8.23. The van der Waals surface area contributed by atoms with Gasteiger partial charge in [0.25, 0.3) is 0 Å². The molecule has 2 rings (SSSR count). The topological polar surface area (TPSA) is 55.4 Å². The van der Waals surface area contributed by atoms with Crippen molar-refractivity contribution in [2.45, 2.75) is 45.8 Å². The van der Waals surface area contributed by atoms with Crippen LogP contribution in [0.1, 0.15) is 39.2 Å². The second-order valence-electron chi connectivity index (χ2n) is 7.49. The maximum atomic E-state index is 12.1. The molecule has 1 aromatic rings. The van der Waals surface area contributed by atoms with Crippen molar-refractivity contribution in [1.82, 2.24) is 4.90 Å². The van der Waals surface area contributed by atoms with Crippen molar-refractivity contribution in [3.05, 3.63) is 29.8 Å². The maximum Gasteiger partial charge on any atom is 0.410 e. The normalized spacial score (nSPS) is 16.1. The SMILES string of the molecule is COc1ccc(C[NH2+]CC2CCN(C(=O)OC(C)(C)C)CC2)cc1. The minimum Gasteiger partial charge on any atom is -0.497 e. The molecule has 0 bridgehead atoms. The summed E-state index contributed by atoms with van der Waals surface area (Å²) in [4.78, 5) is 13.9. The monoisotopic (exact) mass is 335 g/mol. The van der Waals surface area contributed by atoms with Crippen LogP contribution in [0.2, 0.25) is 0 Å². The summed E-state index contributed by atoms with van der Waals surface area (Å²) < 4.78 is 10.6. The quantitative estimate of drug-likeness (QED) is 0.899. The molecule has 1 aliphatic heterocycles. The van der Waals surface area contributed by atoms with Crippen molar-refractivity contribution in [2.75, 3.05) is 26.7 Å². The Labute approximate surface area is 145 Å². The number of piperidine rings is 1. The molecule has 5 heteroatoms. The van der Waals surface area contributed by atoms with E-state index in [2.05, 4.69) is 17.4 Å². The highest BCUT2D eigenvalue weighted by molar-refractivity contribution is 5.68. The Bertz CT molecular complexity index is 514. The van der Waals surface area contributed by atoms with Crippen molar-refractivity contribution < 1.29 is 19.6 Å². The van der Waals surface area contributed by atoms with E-state index in [1.165, 1.54) is 5.56 Å². The number of hydrogen-bond acceptors (Lipinski definition) is 3. The van der Waals surface area contributed by atoms with Crippen molar-refractivity contribution >= 4 is 6.09 Å². The number of nitrogens with two attached hydrogens (primary N) is 1. The van der Waals surface area contributed by atoms with Crippen LogP contribution in [0.3, 0.4) is 0 Å². The number of benzene rings is 1. The first-order chi connectivity index (χ1) is 11.4. The highest BCUT2D eigenvalue weighted by atomic mass is 16.6. The molecule has 0 aromatic heterocycles. The Morgan fingerprint density at radius 2 is 1.83 bits per heavy atom. The first kappa shape index (κ1) is 18.6. The number of nitrogens with zero attached hydrogens (tertiary/aromatic N) is 1. The van der Waals surface area contributed by atoms with Gasteiger partial charge in [0.2, 0.25) is 0 Å². The Balaban J connectivity index is 1.66. The van der Waals surface area contributed by atoms with Crippen LogP contribution in [0.15, 0.2) is 24.3 Å². The highest BCUT2D eigenvalue weighted by Crippen LogP contribution is 2.18. The standard InChI is InChI=1S/C19H30N2O3/c1-19(2,3)24-18(22)21-11-9-16(10-12-21)14-20-13-15-5-7-17(23-4)8-6-15/h5-8,16,20H,9-14H2,1-4H3/p+1. The van der Waals surface area contributed by atoms with E-state index >= 15 is 0 Å². The summed E-state index contributed by atoms with van der Waals surface area (Å²) in [6.07, 6.45) is 1.93. The van der Waals surface area contributed by atoms with Gasteiger partial charge in [0.1, 0.15) is 17.9 Å². The summed E-state index contributed by atoms with van der Waals surface area (Å²) in [5.74, 6) is 1.56. The number of quaternary nitrogens is 1. The molecular formula is C19H31N2O3+. The van der Waals surface area contributed by atoms with Crippen LogP contribution in [0.5, 0.6) is 5.75 Å². The zero-order chi connectivity index (χ0) is 17.6. The molecule has 134 valence electrons. The van der Waals surface area contributed by atoms with E-state index in [0.717, 1.165) is 44.8 Å². The molecule has 24 heavy (non-hydrogen) atoms. The minimum atomic E-state index is -0.417. The van der Waals surface area contributed by atoms with E-state index in [1.807, 2.05) is 37.8 Å². The van der Waals surface area contributed by atoms with Gasteiger partial charge in [-0.25, -0.2) is 4.79 Å². The molecule has 0 atom stereocenters. The molecule has 1 aromatic carbocycles. The number of carbonyl (C=O) groups excluding carboxylic acids is 1. The van der Waals surface area contributed by atoms with Gasteiger partial charge in [0.15, 0.2) is 0 Å². The lowest BCUT2D eigenvalue weighted by Crippen LogP contribution is -2.84. The van der Waals surface area contributed by atoms with Gasteiger partial charge >= 0.3 is 6.09 Å². The summed E-state index contributed by atoms with van der Waals surface area (Å²) in [7, 11) is 1.69. The lowest BCUT2D eigenvalue weighted by atomic mass is 9.97. The second kappa shape index (κ2) is 8.38. The predicted molar refractivity (Wildman–Crippen MR) is 94.0 cm³/mol. The Morgan fingerprint density at radius 3 is 2.38 bits per heavy atom. The predicted octanol–water partition coefficient (Wildman–Crippen LogP) is 2.41. The average Bonchev–Trinajstić information content (AvgIpc) is 2.54. The minimum absolute atomic E-state index is 0.178. The molecule has 0 radical (unpaired) electrons. The zero-order valence-electron chi connectivity index (χ0n) is 15.4. The van der Waals surface area contributed by atoms with Crippen molar-refractivity contribution in [2.24, 2.45) is 5.92 Å². The molecule has 0 aliphatic carbocycles. The number of hydrogen-bond donors (Lipinski definition) is 1. The van der Waals surface area contributed by atoms with Crippen molar-refractivity contribution in [3.8, 4) is 5.75 Å². The van der Waals surface area contributed by atoms with E-state index in [4.69, 9.17) is 9.47 Å². The third-order valence-corrected chi connectivity index (χ3v) is 4.31. The number of likely N-dealkylation sites (tertiary alicyclic amines) is 1. The Kier molecular flexibility index (Phi) is 6.49. The number of amides is 1. The number of carbonyl (C=O) groups is 1. The third kappa shape index (κ3) is 6.04. The molecule has 1 fully saturated rings. The smallest absolute Gasteiger partial charge is 0.410 e. The molecule has 1 amide bonds. The van der Waals surface area contributed by atoms with Gasteiger partial charge in [0, 0.05) is 24.6 Å². The number of rotatable bonds is 5. The molecule has 1 saturated heterocycles. The van der Waals surface area contributed by atoms with Gasteiger partial charge < -0.3 is 19.7 Å². The Hall–Kier alpha value is -1.75. The van der Waals surface area contributed by atoms with Crippen LogP contribution in [-0.2, 0) is 11.3 Å². The summed E-state index contributed by atoms with van der Waals surface area (Å²) in [5.41, 5.74) is 0.891. The van der Waals surface area contributed by atoms with E-state index in [0.29, 0.717) is 5.92 Å². The first-order valence-electron chi connectivity index (χ1n) is 8.80. The lowest BCUT2D eigenvalue weighted by Gasteiger charge is -2.32. The molecule has 0 spiro atoms. The summed E-state index contributed by atoms with van der Waals surface area (Å²) >= 11 is 0. The third-order valence-electron chi connectivity index (χ3n) is 4.31. The van der Waals surface area contributed by atoms with E-state index in [9.17, 15) is 4.79 Å². The van der Waals surface area contributed by atoms with E-state index in [-0.39, 0.29) is 6.09 Å². The number of methoxy groups -OCH3 is 1. The van der Waals surface area contributed by atoms with Gasteiger partial charge in [0.05, 0.1) is 13.7 Å². The fourth-order valence-electron chi connectivity index (χ4n) is 2.93. The molecular weight excluding hydrogens is 304 g/mol. The van der Waals surface area contributed by atoms with Crippen LogP contribution in [0, 0.1) is 5.92 Å². The fraction of sp³-hybridized carbons (Fsp3) is 0.632. The molecule has 0 unspecified atom stereocenters. The van der Waals surface area contributed by atoms with E-state index in [1.54, 1.807) is 7.11 Å². The van der Waals surface area contributed by atoms with Crippen molar-refractivity contribution in [3.63, 3.8) is 0 Å². The summed E-state index contributed by atoms with van der Waals surface area (Å²) in [6.45, 7) is 9.42. The first-order valence-corrected chi connectivity index (χ1v) is 8.80. The lowest BCUT2D eigenvalue weighted by molar-refractivity contribution is -0.676. The fourth-order valence-corrected chi connectivity index (χ4v) is 2.93. The molecule has 1 aliphatic rings. The van der Waals surface area contributed by atoms with Gasteiger partial charge in [-0.3, -0.25) is 0 Å². The molecule has 0 saturated carbocycles.